The molecule has 2 heterocycles. The zero-order chi connectivity index (χ0) is 19.8. The second-order valence-corrected chi connectivity index (χ2v) is 6.96. The molecule has 0 amide bonds. The van der Waals surface area contributed by atoms with Crippen molar-refractivity contribution in [3.05, 3.63) is 88.5 Å². The maximum Gasteiger partial charge on any atom is 0.223 e. The van der Waals surface area contributed by atoms with Crippen molar-refractivity contribution in [2.75, 3.05) is 0 Å². The summed E-state index contributed by atoms with van der Waals surface area (Å²) in [5.74, 6) is -0.361. The van der Waals surface area contributed by atoms with Crippen LogP contribution in [0, 0.1) is 6.92 Å². The summed E-state index contributed by atoms with van der Waals surface area (Å²) in [4.78, 5) is 16.3. The molecule has 140 valence electrons. The van der Waals surface area contributed by atoms with Gasteiger partial charge in [0.15, 0.2) is 5.75 Å². The van der Waals surface area contributed by atoms with Crippen LogP contribution in [0.2, 0.25) is 0 Å². The first kappa shape index (κ1) is 17.9. The van der Waals surface area contributed by atoms with Gasteiger partial charge in [-0.05, 0) is 54.8 Å². The number of hydrogen-bond donors (Lipinski definition) is 2. The molecular formula is C23H20N2O3. The average molecular weight is 372 g/mol. The first-order valence-electron chi connectivity index (χ1n) is 9.03. The molecule has 0 aliphatic carbocycles. The van der Waals surface area contributed by atoms with Crippen molar-refractivity contribution in [1.29, 1.82) is 0 Å². The van der Waals surface area contributed by atoms with Crippen LogP contribution in [0.4, 0.5) is 0 Å². The van der Waals surface area contributed by atoms with E-state index in [9.17, 15) is 15.0 Å². The van der Waals surface area contributed by atoms with Gasteiger partial charge in [0, 0.05) is 23.3 Å². The minimum atomic E-state index is -0.856. The molecule has 0 fully saturated rings. The first-order chi connectivity index (χ1) is 13.4. The van der Waals surface area contributed by atoms with Crippen molar-refractivity contribution < 1.29 is 10.2 Å². The molecule has 4 aromatic rings. The zero-order valence-electron chi connectivity index (χ0n) is 15.6. The first-order valence-corrected chi connectivity index (χ1v) is 9.03. The maximum atomic E-state index is 11.8. The van der Waals surface area contributed by atoms with Crippen molar-refractivity contribution >= 4 is 10.9 Å². The van der Waals surface area contributed by atoms with E-state index in [1.807, 2.05) is 55.6 Å². The topological polar surface area (TPSA) is 75.3 Å². The van der Waals surface area contributed by atoms with Crippen molar-refractivity contribution in [3.63, 3.8) is 0 Å². The van der Waals surface area contributed by atoms with E-state index in [2.05, 4.69) is 11.1 Å². The van der Waals surface area contributed by atoms with E-state index in [0.717, 1.165) is 33.3 Å². The summed E-state index contributed by atoms with van der Waals surface area (Å²) in [5, 5.41) is 21.0. The molecule has 0 bridgehead atoms. The van der Waals surface area contributed by atoms with E-state index in [1.165, 1.54) is 12.3 Å². The Morgan fingerprint density at radius 2 is 1.82 bits per heavy atom. The fourth-order valence-electron chi connectivity index (χ4n) is 3.33. The number of aliphatic hydroxyl groups excluding tert-OH is 1. The number of aliphatic hydroxyl groups is 1. The highest BCUT2D eigenvalue weighted by Gasteiger charge is 2.12. The lowest BCUT2D eigenvalue weighted by Gasteiger charge is -2.17. The third-order valence-corrected chi connectivity index (χ3v) is 4.77. The van der Waals surface area contributed by atoms with Crippen LogP contribution in [0.15, 0.2) is 71.8 Å². The smallest absolute Gasteiger partial charge is 0.223 e. The predicted molar refractivity (Wildman–Crippen MR) is 110 cm³/mol. The lowest BCUT2D eigenvalue weighted by molar-refractivity contribution is 0.191. The van der Waals surface area contributed by atoms with E-state index < -0.39 is 11.5 Å². The Hall–Kier alpha value is -3.44. The summed E-state index contributed by atoms with van der Waals surface area (Å²) < 4.78 is 1.63. The molecule has 0 spiro atoms. The molecule has 4 rings (SSSR count). The Bertz CT molecular complexity index is 1240. The quantitative estimate of drug-likeness (QED) is 0.567. The summed E-state index contributed by atoms with van der Waals surface area (Å²) in [6, 6.07) is 17.2. The van der Waals surface area contributed by atoms with Gasteiger partial charge in [0.05, 0.1) is 23.5 Å². The van der Waals surface area contributed by atoms with Gasteiger partial charge in [0.1, 0.15) is 0 Å². The fraction of sp³-hybridized carbons (Fsp3) is 0.130. The summed E-state index contributed by atoms with van der Waals surface area (Å²) in [5.41, 5.74) is 4.65. The van der Waals surface area contributed by atoms with Crippen molar-refractivity contribution in [2.24, 2.45) is 0 Å². The molecule has 2 aromatic carbocycles. The van der Waals surface area contributed by atoms with Crippen molar-refractivity contribution in [2.45, 2.75) is 20.0 Å². The number of fused-ring (bicyclic) bond motifs is 1. The second kappa shape index (κ2) is 6.94. The third-order valence-electron chi connectivity index (χ3n) is 4.77. The standard InChI is InChI=1S/C23H20N2O3/c1-14-8-18-7-6-17(10-20(18)24-12-14)16-4-3-5-19(9-16)25-13-23(28)22(27)11-21(25)15(2)26/h3-13,15,26,28H,1-2H3. The van der Waals surface area contributed by atoms with Gasteiger partial charge in [-0.1, -0.05) is 24.3 Å². The third kappa shape index (κ3) is 3.28. The molecule has 28 heavy (non-hydrogen) atoms. The summed E-state index contributed by atoms with van der Waals surface area (Å²) in [6.45, 7) is 3.60. The maximum absolute atomic E-state index is 11.8. The molecule has 2 aromatic heterocycles. The largest absolute Gasteiger partial charge is 0.503 e. The molecule has 5 heteroatoms. The van der Waals surface area contributed by atoms with E-state index in [1.54, 1.807) is 11.5 Å². The van der Waals surface area contributed by atoms with Gasteiger partial charge in [-0.3, -0.25) is 9.78 Å². The number of aromatic nitrogens is 2. The van der Waals surface area contributed by atoms with E-state index in [4.69, 9.17) is 0 Å². The minimum absolute atomic E-state index is 0.361. The number of rotatable bonds is 3. The lowest BCUT2D eigenvalue weighted by Crippen LogP contribution is -2.13. The van der Waals surface area contributed by atoms with Crippen LogP contribution in [0.25, 0.3) is 27.7 Å². The number of nitrogens with zero attached hydrogens (tertiary/aromatic N) is 2. The van der Waals surface area contributed by atoms with Crippen LogP contribution < -0.4 is 5.43 Å². The molecule has 2 N–H and O–H groups in total. The molecule has 1 atom stereocenters. The van der Waals surface area contributed by atoms with Gasteiger partial charge in [0.25, 0.3) is 0 Å². The normalized spacial score (nSPS) is 12.2. The molecule has 0 radical (unpaired) electrons. The number of aryl methyl sites for hydroxylation is 1. The van der Waals surface area contributed by atoms with Crippen LogP contribution in [0.5, 0.6) is 5.75 Å². The van der Waals surface area contributed by atoms with Crippen molar-refractivity contribution in [1.82, 2.24) is 9.55 Å². The molecular weight excluding hydrogens is 352 g/mol. The average Bonchev–Trinajstić information content (AvgIpc) is 2.69. The van der Waals surface area contributed by atoms with Crippen LogP contribution in [0.3, 0.4) is 0 Å². The second-order valence-electron chi connectivity index (χ2n) is 6.96. The van der Waals surface area contributed by atoms with Crippen LogP contribution in [-0.2, 0) is 0 Å². The molecule has 1 unspecified atom stereocenters. The predicted octanol–water partition coefficient (Wildman–Crippen LogP) is 4.12. The monoisotopic (exact) mass is 372 g/mol. The number of pyridine rings is 2. The zero-order valence-corrected chi connectivity index (χ0v) is 15.6. The SMILES string of the molecule is Cc1cnc2cc(-c3cccc(-n4cc(O)c(=O)cc4C(C)O)c3)ccc2c1. The molecule has 0 aliphatic heterocycles. The Morgan fingerprint density at radius 3 is 2.61 bits per heavy atom. The van der Waals surface area contributed by atoms with Crippen molar-refractivity contribution in [3.8, 4) is 22.6 Å². The number of benzene rings is 2. The van der Waals surface area contributed by atoms with E-state index in [-0.39, 0.29) is 5.75 Å². The lowest BCUT2D eigenvalue weighted by atomic mass is 10.0. The minimum Gasteiger partial charge on any atom is -0.503 e. The number of hydrogen-bond acceptors (Lipinski definition) is 4. The molecule has 0 saturated carbocycles. The van der Waals surface area contributed by atoms with Crippen LogP contribution >= 0.6 is 0 Å². The van der Waals surface area contributed by atoms with Gasteiger partial charge in [-0.25, -0.2) is 0 Å². The Balaban J connectivity index is 1.84. The molecule has 0 aliphatic rings. The Labute approximate surface area is 162 Å². The van der Waals surface area contributed by atoms with Gasteiger partial charge in [0.2, 0.25) is 5.43 Å². The van der Waals surface area contributed by atoms with Crippen LogP contribution in [0.1, 0.15) is 24.3 Å². The Kier molecular flexibility index (Phi) is 4.45. The van der Waals surface area contributed by atoms with Gasteiger partial charge < -0.3 is 14.8 Å². The highest BCUT2D eigenvalue weighted by molar-refractivity contribution is 5.84. The van der Waals surface area contributed by atoms with Crippen LogP contribution in [-0.4, -0.2) is 19.8 Å². The summed E-state index contributed by atoms with van der Waals surface area (Å²) in [6.07, 6.45) is 2.33. The number of aromatic hydroxyl groups is 1. The fourth-order valence-corrected chi connectivity index (χ4v) is 3.33. The van der Waals surface area contributed by atoms with Gasteiger partial charge >= 0.3 is 0 Å². The molecule has 5 nitrogen and oxygen atoms in total. The highest BCUT2D eigenvalue weighted by atomic mass is 16.3. The van der Waals surface area contributed by atoms with E-state index >= 15 is 0 Å². The van der Waals surface area contributed by atoms with Gasteiger partial charge in [-0.15, -0.1) is 0 Å². The van der Waals surface area contributed by atoms with Gasteiger partial charge in [-0.2, -0.15) is 0 Å². The highest BCUT2D eigenvalue weighted by Crippen LogP contribution is 2.27. The van der Waals surface area contributed by atoms with E-state index in [0.29, 0.717) is 5.69 Å². The molecule has 0 saturated heterocycles. The summed E-state index contributed by atoms with van der Waals surface area (Å²) in [7, 11) is 0. The summed E-state index contributed by atoms with van der Waals surface area (Å²) >= 11 is 0. The Morgan fingerprint density at radius 1 is 1.04 bits per heavy atom.